The topological polar surface area (TPSA) is 102 Å². The van der Waals surface area contributed by atoms with Gasteiger partial charge in [0.05, 0.1) is 22.5 Å². The molecule has 3 heterocycles. The third kappa shape index (κ3) is 5.09. The van der Waals surface area contributed by atoms with E-state index in [-0.39, 0.29) is 23.6 Å². The van der Waals surface area contributed by atoms with Crippen LogP contribution in [0.15, 0.2) is 55.0 Å². The van der Waals surface area contributed by atoms with Gasteiger partial charge in [0.1, 0.15) is 0 Å². The van der Waals surface area contributed by atoms with Crippen LogP contribution < -0.4 is 10.6 Å². The van der Waals surface area contributed by atoms with Crippen molar-refractivity contribution in [3.05, 3.63) is 71.3 Å². The second-order valence-electron chi connectivity index (χ2n) is 8.97. The van der Waals surface area contributed by atoms with Gasteiger partial charge in [-0.1, -0.05) is 30.9 Å². The molecule has 8 nitrogen and oxygen atoms in total. The van der Waals surface area contributed by atoms with Crippen molar-refractivity contribution in [2.24, 2.45) is 0 Å². The van der Waals surface area contributed by atoms with Crippen molar-refractivity contribution in [1.82, 2.24) is 25.1 Å². The number of rotatable bonds is 6. The summed E-state index contributed by atoms with van der Waals surface area (Å²) in [7, 11) is 0. The highest BCUT2D eigenvalue weighted by atomic mass is 35.5. The maximum absolute atomic E-state index is 13.6. The molecule has 3 aromatic heterocycles. The van der Waals surface area contributed by atoms with Gasteiger partial charge in [-0.25, -0.2) is 4.98 Å². The van der Waals surface area contributed by atoms with Crippen LogP contribution in [0, 0.1) is 0 Å². The highest BCUT2D eigenvalue weighted by molar-refractivity contribution is 6.31. The van der Waals surface area contributed by atoms with Crippen LogP contribution in [0.4, 0.5) is 5.69 Å². The third-order valence-corrected chi connectivity index (χ3v) is 6.70. The summed E-state index contributed by atoms with van der Waals surface area (Å²) in [6.45, 7) is 2.50. The highest BCUT2D eigenvalue weighted by Gasteiger charge is 2.24. The van der Waals surface area contributed by atoms with E-state index in [0.29, 0.717) is 39.4 Å². The fraction of sp³-hybridized carbons (Fsp3) is 0.296. The van der Waals surface area contributed by atoms with Crippen LogP contribution >= 0.6 is 11.6 Å². The standard InChI is InChI=1S/C27H27ClN6O2/c1-2-34-16-24(25(33-34)27(36)30-19-8-4-3-5-9-19)32-26(35)21-14-23(17-7-6-12-29-15-17)31-22-11-10-18(28)13-20(21)22/h6-7,10-16,19H,2-5,8-9H2,1H3,(H,30,36)(H,32,35). The monoisotopic (exact) mass is 502 g/mol. The van der Waals surface area contributed by atoms with Crippen LogP contribution in [0.25, 0.3) is 22.2 Å². The Hall–Kier alpha value is -3.78. The van der Waals surface area contributed by atoms with Gasteiger partial charge in [-0.05, 0) is 56.2 Å². The SMILES string of the molecule is CCn1cc(NC(=O)c2cc(-c3cccnc3)nc3ccc(Cl)cc23)c(C(=O)NC2CCCCC2)n1. The molecule has 0 radical (unpaired) electrons. The molecule has 0 unspecified atom stereocenters. The van der Waals surface area contributed by atoms with Gasteiger partial charge in [0, 0.05) is 47.1 Å². The molecule has 0 bridgehead atoms. The van der Waals surface area contributed by atoms with Gasteiger partial charge >= 0.3 is 0 Å². The number of carbonyl (C=O) groups excluding carboxylic acids is 2. The van der Waals surface area contributed by atoms with E-state index in [1.165, 1.54) is 6.42 Å². The summed E-state index contributed by atoms with van der Waals surface area (Å²) in [5.74, 6) is -0.653. The molecular weight excluding hydrogens is 476 g/mol. The predicted molar refractivity (Wildman–Crippen MR) is 140 cm³/mol. The van der Waals surface area contributed by atoms with E-state index < -0.39 is 0 Å². The van der Waals surface area contributed by atoms with Crippen molar-refractivity contribution < 1.29 is 9.59 Å². The van der Waals surface area contributed by atoms with E-state index in [9.17, 15) is 9.59 Å². The zero-order valence-corrected chi connectivity index (χ0v) is 20.8. The zero-order valence-electron chi connectivity index (χ0n) is 20.0. The van der Waals surface area contributed by atoms with Gasteiger partial charge in [-0.15, -0.1) is 0 Å². The van der Waals surface area contributed by atoms with E-state index in [1.807, 2.05) is 19.1 Å². The molecule has 36 heavy (non-hydrogen) atoms. The summed E-state index contributed by atoms with van der Waals surface area (Å²) in [6.07, 6.45) is 10.4. The number of carbonyl (C=O) groups is 2. The lowest BCUT2D eigenvalue weighted by molar-refractivity contribution is 0.0922. The zero-order chi connectivity index (χ0) is 25.1. The molecule has 2 N–H and O–H groups in total. The Morgan fingerprint density at radius 3 is 2.69 bits per heavy atom. The second-order valence-corrected chi connectivity index (χ2v) is 9.40. The summed E-state index contributed by atoms with van der Waals surface area (Å²) < 4.78 is 1.65. The van der Waals surface area contributed by atoms with Gasteiger partial charge in [0.15, 0.2) is 5.69 Å². The molecule has 0 spiro atoms. The summed E-state index contributed by atoms with van der Waals surface area (Å²) in [5, 5.41) is 11.6. The minimum absolute atomic E-state index is 0.134. The number of hydrogen-bond acceptors (Lipinski definition) is 5. The molecular formula is C27H27ClN6O2. The molecule has 2 amide bonds. The smallest absolute Gasteiger partial charge is 0.274 e. The number of hydrogen-bond donors (Lipinski definition) is 2. The van der Waals surface area contributed by atoms with Crippen LogP contribution in [0.2, 0.25) is 5.02 Å². The van der Waals surface area contributed by atoms with Gasteiger partial charge in [-0.2, -0.15) is 5.10 Å². The molecule has 0 atom stereocenters. The fourth-order valence-corrected chi connectivity index (χ4v) is 4.75. The van der Waals surface area contributed by atoms with Crippen LogP contribution in [0.5, 0.6) is 0 Å². The Bertz CT molecular complexity index is 1410. The van der Waals surface area contributed by atoms with Gasteiger partial charge in [0.25, 0.3) is 11.8 Å². The van der Waals surface area contributed by atoms with Gasteiger partial charge < -0.3 is 10.6 Å². The lowest BCUT2D eigenvalue weighted by Gasteiger charge is -2.22. The summed E-state index contributed by atoms with van der Waals surface area (Å²) in [4.78, 5) is 35.6. The molecule has 1 fully saturated rings. The van der Waals surface area contributed by atoms with E-state index >= 15 is 0 Å². The van der Waals surface area contributed by atoms with Crippen LogP contribution in [-0.4, -0.2) is 37.6 Å². The third-order valence-electron chi connectivity index (χ3n) is 6.46. The first-order valence-corrected chi connectivity index (χ1v) is 12.6. The van der Waals surface area contributed by atoms with Crippen molar-refractivity contribution in [1.29, 1.82) is 0 Å². The average molecular weight is 503 g/mol. The Balaban J connectivity index is 1.49. The minimum Gasteiger partial charge on any atom is -0.348 e. The molecule has 4 aromatic rings. The molecule has 5 rings (SSSR count). The number of aryl methyl sites for hydroxylation is 1. The predicted octanol–water partition coefficient (Wildman–Crippen LogP) is 5.48. The number of nitrogens with one attached hydrogen (secondary N) is 2. The van der Waals surface area contributed by atoms with Gasteiger partial charge in [-0.3, -0.25) is 19.3 Å². The molecule has 1 aliphatic rings. The molecule has 1 saturated carbocycles. The lowest BCUT2D eigenvalue weighted by Crippen LogP contribution is -2.36. The van der Waals surface area contributed by atoms with Crippen molar-refractivity contribution in [2.75, 3.05) is 5.32 Å². The number of pyridine rings is 2. The number of aromatic nitrogens is 4. The number of nitrogens with zero attached hydrogens (tertiary/aromatic N) is 4. The van der Waals surface area contributed by atoms with Crippen LogP contribution in [-0.2, 0) is 6.54 Å². The van der Waals surface area contributed by atoms with Crippen LogP contribution in [0.3, 0.4) is 0 Å². The lowest BCUT2D eigenvalue weighted by atomic mass is 9.95. The van der Waals surface area contributed by atoms with Crippen molar-refractivity contribution in [2.45, 2.75) is 51.6 Å². The molecule has 1 aromatic carbocycles. The first-order valence-electron chi connectivity index (χ1n) is 12.2. The first kappa shape index (κ1) is 23.9. The molecule has 0 saturated heterocycles. The average Bonchev–Trinajstić information content (AvgIpc) is 3.32. The van der Waals surface area contributed by atoms with E-state index in [0.717, 1.165) is 31.2 Å². The summed E-state index contributed by atoms with van der Waals surface area (Å²) >= 11 is 6.26. The van der Waals surface area contributed by atoms with E-state index in [1.54, 1.807) is 47.5 Å². The Morgan fingerprint density at radius 1 is 1.11 bits per heavy atom. The maximum Gasteiger partial charge on any atom is 0.274 e. The molecule has 0 aliphatic heterocycles. The second kappa shape index (κ2) is 10.5. The quantitative estimate of drug-likeness (QED) is 0.363. The largest absolute Gasteiger partial charge is 0.348 e. The summed E-state index contributed by atoms with van der Waals surface area (Å²) in [6, 6.07) is 10.8. The number of amides is 2. The highest BCUT2D eigenvalue weighted by Crippen LogP contribution is 2.28. The maximum atomic E-state index is 13.6. The molecule has 184 valence electrons. The Labute approximate surface area is 214 Å². The number of fused-ring (bicyclic) bond motifs is 1. The molecule has 1 aliphatic carbocycles. The Morgan fingerprint density at radius 2 is 1.94 bits per heavy atom. The Kier molecular flexibility index (Phi) is 6.95. The van der Waals surface area contributed by atoms with Crippen molar-refractivity contribution in [3.8, 4) is 11.3 Å². The number of halogens is 1. The van der Waals surface area contributed by atoms with E-state index in [4.69, 9.17) is 16.6 Å². The van der Waals surface area contributed by atoms with Gasteiger partial charge in [0.2, 0.25) is 0 Å². The fourth-order valence-electron chi connectivity index (χ4n) is 4.58. The van der Waals surface area contributed by atoms with Crippen molar-refractivity contribution >= 4 is 40.0 Å². The van der Waals surface area contributed by atoms with Crippen LogP contribution in [0.1, 0.15) is 59.9 Å². The minimum atomic E-state index is -0.378. The summed E-state index contributed by atoms with van der Waals surface area (Å²) in [5.41, 5.74) is 3.00. The normalized spacial score (nSPS) is 14.1. The number of benzene rings is 1. The van der Waals surface area contributed by atoms with E-state index in [2.05, 4.69) is 20.7 Å². The number of anilines is 1. The van der Waals surface area contributed by atoms with Crippen molar-refractivity contribution in [3.63, 3.8) is 0 Å². The first-order chi connectivity index (χ1) is 17.5. The molecule has 9 heteroatoms.